The lowest BCUT2D eigenvalue weighted by Gasteiger charge is -2.19. The number of alkyl carbamates (subject to hydrolysis) is 1. The van der Waals surface area contributed by atoms with Gasteiger partial charge in [0, 0.05) is 23.9 Å². The molecule has 4 unspecified atom stereocenters. The molecular weight excluding hydrogens is 396 g/mol. The number of nitrogens with one attached hydrogen (secondary N) is 1. The summed E-state index contributed by atoms with van der Waals surface area (Å²) < 4.78 is 5.24. The first-order valence-electron chi connectivity index (χ1n) is 10.5. The fraction of sp³-hybridized carbons (Fsp3) is 0.480. The number of hydrogen-bond donors (Lipinski definition) is 2. The standard InChI is InChI=1S/C15H21NO2.C10H13N.ClH/c1-10-5-7-11(8-6-10)12-9-13(12)16-14(17)18-15(2,3)4;1-7-2-4-8(5-3-7)9-6-10(9)11;/h5-8,12-13H,9H2,1-4H3,(H,16,17);2-5,9-10H,6,11H2,1H3;1H. The fourth-order valence-corrected chi connectivity index (χ4v) is 3.41. The van der Waals surface area contributed by atoms with Gasteiger partial charge < -0.3 is 15.8 Å². The molecule has 4 rings (SSSR count). The topological polar surface area (TPSA) is 64.3 Å². The molecule has 30 heavy (non-hydrogen) atoms. The lowest BCUT2D eigenvalue weighted by Crippen LogP contribution is -2.34. The number of carbonyl (C=O) groups is 1. The molecule has 2 aliphatic carbocycles. The minimum absolute atomic E-state index is 0. The summed E-state index contributed by atoms with van der Waals surface area (Å²) >= 11 is 0. The maximum Gasteiger partial charge on any atom is 0.407 e. The van der Waals surface area contributed by atoms with Crippen molar-refractivity contribution in [3.63, 3.8) is 0 Å². The molecule has 4 nitrogen and oxygen atoms in total. The molecule has 1 amide bonds. The fourth-order valence-electron chi connectivity index (χ4n) is 3.41. The summed E-state index contributed by atoms with van der Waals surface area (Å²) in [4.78, 5) is 11.6. The van der Waals surface area contributed by atoms with Gasteiger partial charge >= 0.3 is 6.09 Å². The van der Waals surface area contributed by atoms with Crippen molar-refractivity contribution in [2.75, 3.05) is 0 Å². The van der Waals surface area contributed by atoms with Gasteiger partial charge in [-0.2, -0.15) is 0 Å². The number of amides is 1. The highest BCUT2D eigenvalue weighted by Crippen LogP contribution is 2.41. The number of benzene rings is 2. The van der Waals surface area contributed by atoms with Gasteiger partial charge in [0.15, 0.2) is 0 Å². The molecule has 5 heteroatoms. The molecule has 2 fully saturated rings. The molecule has 0 saturated heterocycles. The number of nitrogens with two attached hydrogens (primary N) is 1. The molecule has 2 aromatic carbocycles. The van der Waals surface area contributed by atoms with E-state index in [4.69, 9.17) is 10.5 Å². The normalized spacial score (nSPS) is 23.9. The number of hydrogen-bond acceptors (Lipinski definition) is 3. The Balaban J connectivity index is 0.000000229. The molecule has 2 aromatic rings. The highest BCUT2D eigenvalue weighted by Gasteiger charge is 2.40. The van der Waals surface area contributed by atoms with Crippen molar-refractivity contribution >= 4 is 18.5 Å². The smallest absolute Gasteiger partial charge is 0.407 e. The molecule has 0 heterocycles. The van der Waals surface area contributed by atoms with E-state index in [0.29, 0.717) is 17.9 Å². The Hall–Kier alpha value is -2.04. The predicted octanol–water partition coefficient (Wildman–Crippen LogP) is 5.61. The first-order valence-corrected chi connectivity index (χ1v) is 10.5. The summed E-state index contributed by atoms with van der Waals surface area (Å²) in [6.07, 6.45) is 1.85. The molecule has 0 spiro atoms. The van der Waals surface area contributed by atoms with Gasteiger partial charge in [-0.1, -0.05) is 59.7 Å². The molecule has 0 bridgehead atoms. The van der Waals surface area contributed by atoms with Gasteiger partial charge in [0.1, 0.15) is 5.60 Å². The average molecular weight is 431 g/mol. The van der Waals surface area contributed by atoms with Crippen LogP contribution in [-0.2, 0) is 4.74 Å². The molecular formula is C25H35ClN2O2. The van der Waals surface area contributed by atoms with Crippen LogP contribution < -0.4 is 11.1 Å². The first kappa shape index (κ1) is 24.2. The number of carbonyl (C=O) groups excluding carboxylic acids is 1. The molecule has 0 aromatic heterocycles. The average Bonchev–Trinajstić information content (AvgIpc) is 3.53. The van der Waals surface area contributed by atoms with Gasteiger partial charge in [-0.05, 0) is 58.6 Å². The quantitative estimate of drug-likeness (QED) is 0.665. The second kappa shape index (κ2) is 9.84. The van der Waals surface area contributed by atoms with Crippen LogP contribution in [0, 0.1) is 13.8 Å². The van der Waals surface area contributed by atoms with Gasteiger partial charge in [-0.15, -0.1) is 12.4 Å². The zero-order valence-corrected chi connectivity index (χ0v) is 19.5. The molecule has 0 radical (unpaired) electrons. The Morgan fingerprint density at radius 1 is 0.900 bits per heavy atom. The van der Waals surface area contributed by atoms with E-state index >= 15 is 0 Å². The number of rotatable bonds is 3. The van der Waals surface area contributed by atoms with Crippen molar-refractivity contribution in [3.8, 4) is 0 Å². The van der Waals surface area contributed by atoms with E-state index < -0.39 is 5.60 Å². The maximum atomic E-state index is 11.6. The van der Waals surface area contributed by atoms with Crippen LogP contribution in [0.2, 0.25) is 0 Å². The van der Waals surface area contributed by atoms with Crippen LogP contribution in [-0.4, -0.2) is 23.8 Å². The summed E-state index contributed by atoms with van der Waals surface area (Å²) in [6.45, 7) is 9.80. The van der Waals surface area contributed by atoms with Gasteiger partial charge in [0.25, 0.3) is 0 Å². The van der Waals surface area contributed by atoms with Crippen LogP contribution in [0.3, 0.4) is 0 Å². The van der Waals surface area contributed by atoms with Gasteiger partial charge in [-0.3, -0.25) is 0 Å². The van der Waals surface area contributed by atoms with Gasteiger partial charge in [0.05, 0.1) is 0 Å². The Bertz CT molecular complexity index is 828. The van der Waals surface area contributed by atoms with E-state index in [1.165, 1.54) is 28.7 Å². The van der Waals surface area contributed by atoms with Gasteiger partial charge in [-0.25, -0.2) is 4.79 Å². The van der Waals surface area contributed by atoms with Crippen LogP contribution in [0.25, 0.3) is 0 Å². The SMILES string of the molecule is Cc1ccc(C2CC2N)cc1.Cc1ccc(C2CC2NC(=O)OC(C)(C)C)cc1.Cl. The van der Waals surface area contributed by atoms with Crippen molar-refractivity contribution in [1.82, 2.24) is 5.32 Å². The van der Waals surface area contributed by atoms with Crippen LogP contribution in [0.4, 0.5) is 4.79 Å². The van der Waals surface area contributed by atoms with Crippen molar-refractivity contribution < 1.29 is 9.53 Å². The van der Waals surface area contributed by atoms with E-state index in [0.717, 1.165) is 6.42 Å². The van der Waals surface area contributed by atoms with Crippen molar-refractivity contribution in [2.24, 2.45) is 5.73 Å². The zero-order chi connectivity index (χ0) is 21.2. The van der Waals surface area contributed by atoms with Crippen molar-refractivity contribution in [1.29, 1.82) is 0 Å². The highest BCUT2D eigenvalue weighted by molar-refractivity contribution is 5.85. The summed E-state index contributed by atoms with van der Waals surface area (Å²) in [5, 5.41) is 2.91. The van der Waals surface area contributed by atoms with E-state index in [2.05, 4.69) is 67.7 Å². The monoisotopic (exact) mass is 430 g/mol. The van der Waals surface area contributed by atoms with E-state index in [9.17, 15) is 4.79 Å². The lowest BCUT2D eigenvalue weighted by atomic mass is 10.1. The number of ether oxygens (including phenoxy) is 1. The number of halogens is 1. The van der Waals surface area contributed by atoms with E-state index in [-0.39, 0.29) is 24.5 Å². The Kier molecular flexibility index (Phi) is 7.95. The third kappa shape index (κ3) is 7.33. The van der Waals surface area contributed by atoms with Crippen LogP contribution >= 0.6 is 12.4 Å². The molecule has 0 aliphatic heterocycles. The lowest BCUT2D eigenvalue weighted by molar-refractivity contribution is 0.0523. The summed E-state index contributed by atoms with van der Waals surface area (Å²) in [7, 11) is 0. The zero-order valence-electron chi connectivity index (χ0n) is 18.6. The second-order valence-electron chi connectivity index (χ2n) is 9.42. The van der Waals surface area contributed by atoms with Crippen LogP contribution in [0.15, 0.2) is 48.5 Å². The third-order valence-electron chi connectivity index (χ3n) is 5.34. The summed E-state index contributed by atoms with van der Waals surface area (Å²) in [5.74, 6) is 1.09. The minimum atomic E-state index is -0.432. The van der Waals surface area contributed by atoms with Gasteiger partial charge in [0.2, 0.25) is 0 Å². The Labute approximate surface area is 187 Å². The first-order chi connectivity index (χ1) is 13.6. The second-order valence-corrected chi connectivity index (χ2v) is 9.42. The Morgan fingerprint density at radius 3 is 1.73 bits per heavy atom. The molecule has 2 saturated carbocycles. The van der Waals surface area contributed by atoms with Crippen molar-refractivity contribution in [2.45, 2.75) is 77.0 Å². The predicted molar refractivity (Wildman–Crippen MR) is 125 cm³/mol. The van der Waals surface area contributed by atoms with Crippen LogP contribution in [0.1, 0.15) is 67.7 Å². The minimum Gasteiger partial charge on any atom is -0.444 e. The van der Waals surface area contributed by atoms with Crippen LogP contribution in [0.5, 0.6) is 0 Å². The van der Waals surface area contributed by atoms with E-state index in [1.54, 1.807) is 0 Å². The molecule has 2 aliphatic rings. The summed E-state index contributed by atoms with van der Waals surface area (Å²) in [6, 6.07) is 17.8. The Morgan fingerprint density at radius 2 is 1.33 bits per heavy atom. The molecule has 4 atom stereocenters. The molecule has 3 N–H and O–H groups in total. The molecule has 164 valence electrons. The largest absolute Gasteiger partial charge is 0.444 e. The third-order valence-corrected chi connectivity index (χ3v) is 5.34. The van der Waals surface area contributed by atoms with Crippen molar-refractivity contribution in [3.05, 3.63) is 70.8 Å². The highest BCUT2D eigenvalue weighted by atomic mass is 35.5. The number of aryl methyl sites for hydroxylation is 2. The van der Waals surface area contributed by atoms with E-state index in [1.807, 2.05) is 20.8 Å². The maximum absolute atomic E-state index is 11.6. The summed E-state index contributed by atoms with van der Waals surface area (Å²) in [5.41, 5.74) is 10.6.